The molecule has 0 aliphatic rings. The maximum absolute atomic E-state index is 13.1. The van der Waals surface area contributed by atoms with Gasteiger partial charge in [0.05, 0.1) is 25.4 Å². The number of hydrogen-bond donors (Lipinski definition) is 2. The van der Waals surface area contributed by atoms with Crippen LogP contribution in [-0.2, 0) is 22.6 Å². The summed E-state index contributed by atoms with van der Waals surface area (Å²) in [5, 5.41) is 3.01. The van der Waals surface area contributed by atoms with E-state index in [9.17, 15) is 9.18 Å². The van der Waals surface area contributed by atoms with Crippen molar-refractivity contribution < 1.29 is 23.1 Å². The topological polar surface area (TPSA) is 138 Å². The van der Waals surface area contributed by atoms with Crippen LogP contribution in [0.4, 0.5) is 22.0 Å². The Balaban J connectivity index is 1.31. The van der Waals surface area contributed by atoms with Crippen molar-refractivity contribution in [3.05, 3.63) is 72.3 Å². The second-order valence-electron chi connectivity index (χ2n) is 7.04. The second-order valence-corrected chi connectivity index (χ2v) is 7.04. The Hall–Kier alpha value is -4.54. The monoisotopic (exact) mass is 464 g/mol. The zero-order valence-corrected chi connectivity index (χ0v) is 18.2. The molecule has 0 unspecified atom stereocenters. The van der Waals surface area contributed by atoms with Crippen LogP contribution >= 0.6 is 0 Å². The van der Waals surface area contributed by atoms with Crippen LogP contribution < -0.4 is 15.8 Å². The molecule has 2 aromatic carbocycles. The lowest BCUT2D eigenvalue weighted by atomic mass is 10.2. The fourth-order valence-corrected chi connectivity index (χ4v) is 3.03. The molecule has 2 heterocycles. The van der Waals surface area contributed by atoms with Gasteiger partial charge in [-0.05, 0) is 36.4 Å². The summed E-state index contributed by atoms with van der Waals surface area (Å²) in [6.45, 7) is -0.182. The summed E-state index contributed by atoms with van der Waals surface area (Å²) >= 11 is 0. The first-order valence-electron chi connectivity index (χ1n) is 10.3. The van der Waals surface area contributed by atoms with E-state index in [-0.39, 0.29) is 43.0 Å². The average molecular weight is 464 g/mol. The van der Waals surface area contributed by atoms with Crippen LogP contribution in [0.5, 0.6) is 5.75 Å². The number of nitrogens with one attached hydrogen (secondary N) is 1. The van der Waals surface area contributed by atoms with Gasteiger partial charge in [0.2, 0.25) is 11.9 Å². The largest absolute Gasteiger partial charge is 0.495 e. The van der Waals surface area contributed by atoms with E-state index in [4.69, 9.17) is 19.6 Å². The van der Waals surface area contributed by atoms with Crippen LogP contribution in [0.25, 0.3) is 11.3 Å². The highest BCUT2D eigenvalue weighted by Crippen LogP contribution is 2.26. The molecule has 0 atom stereocenters. The number of ether oxygens (including phenoxy) is 2. The Bertz CT molecular complexity index is 1280. The van der Waals surface area contributed by atoms with E-state index in [1.54, 1.807) is 31.4 Å². The molecular formula is C23H21FN6O4. The van der Waals surface area contributed by atoms with Gasteiger partial charge in [0.1, 0.15) is 11.6 Å². The Morgan fingerprint density at radius 2 is 1.91 bits per heavy atom. The van der Waals surface area contributed by atoms with Gasteiger partial charge in [0.25, 0.3) is 0 Å². The van der Waals surface area contributed by atoms with E-state index >= 15 is 0 Å². The Morgan fingerprint density at radius 1 is 1.12 bits per heavy atom. The number of para-hydroxylation sites is 2. The molecule has 10 nitrogen and oxygen atoms in total. The quantitative estimate of drug-likeness (QED) is 0.353. The molecule has 4 rings (SSSR count). The molecule has 3 N–H and O–H groups in total. The van der Waals surface area contributed by atoms with E-state index in [1.807, 2.05) is 12.1 Å². The van der Waals surface area contributed by atoms with Gasteiger partial charge in [-0.25, -0.2) is 9.37 Å². The number of methoxy groups -OCH3 is 1. The number of oxazole rings is 1. The van der Waals surface area contributed by atoms with E-state index < -0.39 is 5.97 Å². The van der Waals surface area contributed by atoms with E-state index in [2.05, 4.69) is 25.3 Å². The number of aromatic nitrogens is 4. The predicted molar refractivity (Wildman–Crippen MR) is 121 cm³/mol. The molecule has 0 aliphatic heterocycles. The number of nitrogen functional groups attached to an aromatic ring is 1. The van der Waals surface area contributed by atoms with Gasteiger partial charge < -0.3 is 24.9 Å². The number of nitrogens with two attached hydrogens (primary N) is 1. The van der Waals surface area contributed by atoms with Crippen LogP contribution in [0.15, 0.2) is 59.1 Å². The number of esters is 1. The number of aryl methyl sites for hydroxylation is 1. The lowest BCUT2D eigenvalue weighted by Gasteiger charge is -2.10. The molecule has 0 aliphatic carbocycles. The normalized spacial score (nSPS) is 10.6. The van der Waals surface area contributed by atoms with Crippen LogP contribution in [0.2, 0.25) is 0 Å². The molecule has 0 saturated heterocycles. The third-order valence-corrected chi connectivity index (χ3v) is 4.64. The summed E-state index contributed by atoms with van der Waals surface area (Å²) in [6, 6.07) is 13.1. The summed E-state index contributed by atoms with van der Waals surface area (Å²) in [7, 11) is 1.55. The van der Waals surface area contributed by atoms with Crippen LogP contribution in [0.1, 0.15) is 18.1 Å². The zero-order chi connectivity index (χ0) is 23.9. The van der Waals surface area contributed by atoms with Crippen molar-refractivity contribution >= 4 is 23.6 Å². The van der Waals surface area contributed by atoms with Gasteiger partial charge in [0.15, 0.2) is 24.1 Å². The van der Waals surface area contributed by atoms with Crippen LogP contribution in [0, 0.1) is 5.82 Å². The highest BCUT2D eigenvalue weighted by Gasteiger charge is 2.13. The number of benzene rings is 2. The Morgan fingerprint density at radius 3 is 2.71 bits per heavy atom. The average Bonchev–Trinajstić information content (AvgIpc) is 3.31. The number of nitrogens with zero attached hydrogens (tertiary/aromatic N) is 4. The van der Waals surface area contributed by atoms with E-state index in [0.717, 1.165) is 0 Å². The van der Waals surface area contributed by atoms with Crippen molar-refractivity contribution in [2.24, 2.45) is 0 Å². The molecule has 0 amide bonds. The van der Waals surface area contributed by atoms with Crippen LogP contribution in [-0.4, -0.2) is 33.0 Å². The zero-order valence-electron chi connectivity index (χ0n) is 18.2. The number of carbonyl (C=O) groups is 1. The number of hydrogen-bond acceptors (Lipinski definition) is 10. The lowest BCUT2D eigenvalue weighted by Crippen LogP contribution is -2.11. The second kappa shape index (κ2) is 10.4. The molecule has 0 bridgehead atoms. The third kappa shape index (κ3) is 5.82. The van der Waals surface area contributed by atoms with Gasteiger partial charge in [-0.2, -0.15) is 15.0 Å². The highest BCUT2D eigenvalue weighted by atomic mass is 19.1. The molecule has 11 heteroatoms. The SMILES string of the molecule is COc1ccccc1Nc1nc(N)nc(COC(=O)CCc2ncc(-c3ccc(F)cc3)o2)n1. The number of carbonyl (C=O) groups excluding carboxylic acids is 1. The maximum atomic E-state index is 13.1. The summed E-state index contributed by atoms with van der Waals surface area (Å²) in [5.41, 5.74) is 7.10. The Kier molecular flexibility index (Phi) is 6.92. The highest BCUT2D eigenvalue weighted by molar-refractivity contribution is 5.69. The third-order valence-electron chi connectivity index (χ3n) is 4.64. The first-order valence-corrected chi connectivity index (χ1v) is 10.3. The number of halogens is 1. The van der Waals surface area contributed by atoms with Gasteiger partial charge in [-0.3, -0.25) is 4.79 Å². The molecule has 0 fully saturated rings. The van der Waals surface area contributed by atoms with E-state index in [0.29, 0.717) is 28.7 Å². The first kappa shape index (κ1) is 22.6. The van der Waals surface area contributed by atoms with Gasteiger partial charge in [-0.15, -0.1) is 0 Å². The van der Waals surface area contributed by atoms with Crippen molar-refractivity contribution in [1.82, 2.24) is 19.9 Å². The molecule has 2 aromatic heterocycles. The van der Waals surface area contributed by atoms with Crippen molar-refractivity contribution in [3.8, 4) is 17.1 Å². The molecule has 4 aromatic rings. The minimum Gasteiger partial charge on any atom is -0.495 e. The molecular weight excluding hydrogens is 443 g/mol. The smallest absolute Gasteiger partial charge is 0.306 e. The summed E-state index contributed by atoms with van der Waals surface area (Å²) in [4.78, 5) is 28.6. The van der Waals surface area contributed by atoms with Crippen molar-refractivity contribution in [1.29, 1.82) is 0 Å². The summed E-state index contributed by atoms with van der Waals surface area (Å²) in [5.74, 6) is 0.982. The summed E-state index contributed by atoms with van der Waals surface area (Å²) in [6.07, 6.45) is 1.80. The number of rotatable bonds is 9. The minimum atomic E-state index is -0.486. The minimum absolute atomic E-state index is 0.0217. The van der Waals surface area contributed by atoms with Crippen molar-refractivity contribution in [3.63, 3.8) is 0 Å². The first-order chi connectivity index (χ1) is 16.5. The van der Waals surface area contributed by atoms with E-state index in [1.165, 1.54) is 18.3 Å². The van der Waals surface area contributed by atoms with Crippen LogP contribution in [0.3, 0.4) is 0 Å². The van der Waals surface area contributed by atoms with Gasteiger partial charge >= 0.3 is 5.97 Å². The molecule has 0 spiro atoms. The number of anilines is 3. The van der Waals surface area contributed by atoms with Crippen molar-refractivity contribution in [2.45, 2.75) is 19.4 Å². The van der Waals surface area contributed by atoms with Gasteiger partial charge in [-0.1, -0.05) is 12.1 Å². The molecule has 34 heavy (non-hydrogen) atoms. The maximum Gasteiger partial charge on any atom is 0.306 e. The standard InChI is InChI=1S/C23H21FN6O4/c1-32-17-5-3-2-4-16(17)27-23-29-19(28-22(25)30-23)13-33-21(31)11-10-20-26-12-18(34-20)14-6-8-15(24)9-7-14/h2-9,12H,10-11,13H2,1H3,(H3,25,27,28,29,30). The molecule has 174 valence electrons. The van der Waals surface area contributed by atoms with Gasteiger partial charge in [0, 0.05) is 12.0 Å². The fourth-order valence-electron chi connectivity index (χ4n) is 3.03. The predicted octanol–water partition coefficient (Wildman–Crippen LogP) is 3.68. The lowest BCUT2D eigenvalue weighted by molar-refractivity contribution is -0.145. The summed E-state index contributed by atoms with van der Waals surface area (Å²) < 4.78 is 29.2. The molecule has 0 radical (unpaired) electrons. The molecule has 0 saturated carbocycles. The fraction of sp³-hybridized carbons (Fsp3) is 0.174. The Labute approximate surface area is 194 Å². The van der Waals surface area contributed by atoms with Crippen molar-refractivity contribution in [2.75, 3.05) is 18.2 Å².